The molecule has 6 heteroatoms. The van der Waals surface area contributed by atoms with Crippen LogP contribution in [0.4, 0.5) is 5.69 Å². The van der Waals surface area contributed by atoms with E-state index in [1.54, 1.807) is 18.2 Å². The lowest BCUT2D eigenvalue weighted by Gasteiger charge is -2.07. The molecule has 0 N–H and O–H groups in total. The lowest BCUT2D eigenvalue weighted by atomic mass is 10.1. The van der Waals surface area contributed by atoms with Gasteiger partial charge < -0.3 is 9.47 Å². The number of nitro benzene ring substituents is 1. The maximum atomic E-state index is 11.5. The number of rotatable bonds is 5. The Balaban J connectivity index is 2.20. The van der Waals surface area contributed by atoms with Crippen molar-refractivity contribution in [3.8, 4) is 5.75 Å². The van der Waals surface area contributed by atoms with Crippen LogP contribution in [0.15, 0.2) is 48.5 Å². The Labute approximate surface area is 121 Å². The molecule has 0 saturated carbocycles. The van der Waals surface area contributed by atoms with E-state index >= 15 is 0 Å². The molecule has 0 bridgehead atoms. The first kappa shape index (κ1) is 14.5. The first-order valence-electron chi connectivity index (χ1n) is 6.15. The predicted octanol–water partition coefficient (Wildman–Crippen LogP) is 2.96. The van der Waals surface area contributed by atoms with Crippen molar-refractivity contribution in [1.82, 2.24) is 0 Å². The monoisotopic (exact) mass is 287 g/mol. The topological polar surface area (TPSA) is 78.7 Å². The fraction of sp³-hybridized carbons (Fsp3) is 0.133. The number of esters is 1. The average molecular weight is 287 g/mol. The Hall–Kier alpha value is -2.89. The van der Waals surface area contributed by atoms with Crippen LogP contribution in [-0.4, -0.2) is 18.0 Å². The van der Waals surface area contributed by atoms with Gasteiger partial charge in [0.05, 0.1) is 12.0 Å². The molecule has 2 rings (SSSR count). The normalized spacial score (nSPS) is 9.95. The van der Waals surface area contributed by atoms with E-state index in [9.17, 15) is 14.9 Å². The van der Waals surface area contributed by atoms with Crippen LogP contribution in [0, 0.1) is 10.1 Å². The first-order valence-corrected chi connectivity index (χ1v) is 6.15. The Bertz CT molecular complexity index is 654. The number of nitrogens with zero attached hydrogens (tertiary/aromatic N) is 1. The summed E-state index contributed by atoms with van der Waals surface area (Å²) in [5, 5.41) is 11.0. The number of ether oxygens (including phenoxy) is 2. The quantitative estimate of drug-likeness (QED) is 0.480. The number of hydrogen-bond donors (Lipinski definition) is 0. The van der Waals surface area contributed by atoms with Gasteiger partial charge in [-0.15, -0.1) is 0 Å². The van der Waals surface area contributed by atoms with Crippen LogP contribution in [0.25, 0.3) is 0 Å². The molecule has 0 spiro atoms. The van der Waals surface area contributed by atoms with Crippen molar-refractivity contribution in [1.29, 1.82) is 0 Å². The third-order valence-electron chi connectivity index (χ3n) is 2.81. The van der Waals surface area contributed by atoms with Crippen molar-refractivity contribution in [2.75, 3.05) is 7.11 Å². The summed E-state index contributed by atoms with van der Waals surface area (Å²) in [6.45, 7) is 0.173. The summed E-state index contributed by atoms with van der Waals surface area (Å²) in [6, 6.07) is 13.4. The van der Waals surface area contributed by atoms with E-state index in [0.29, 0.717) is 11.3 Å². The van der Waals surface area contributed by atoms with E-state index < -0.39 is 10.9 Å². The van der Waals surface area contributed by atoms with Crippen LogP contribution in [-0.2, 0) is 11.3 Å². The zero-order valence-electron chi connectivity index (χ0n) is 11.3. The van der Waals surface area contributed by atoms with Crippen molar-refractivity contribution >= 4 is 11.7 Å². The van der Waals surface area contributed by atoms with Crippen LogP contribution in [0.2, 0.25) is 0 Å². The van der Waals surface area contributed by atoms with Gasteiger partial charge in [0.15, 0.2) is 0 Å². The van der Waals surface area contributed by atoms with Crippen LogP contribution < -0.4 is 4.74 Å². The molecule has 0 aromatic heterocycles. The number of carbonyl (C=O) groups is 1. The Morgan fingerprint density at radius 2 is 1.90 bits per heavy atom. The SMILES string of the molecule is COC(=O)c1ccc(COc2ccccc2)cc1[N+](=O)[O-]. The summed E-state index contributed by atoms with van der Waals surface area (Å²) in [5.74, 6) is -0.0746. The molecule has 0 unspecified atom stereocenters. The Morgan fingerprint density at radius 1 is 1.19 bits per heavy atom. The average Bonchev–Trinajstić information content (AvgIpc) is 2.52. The van der Waals surface area contributed by atoms with Crippen molar-refractivity contribution in [3.05, 3.63) is 69.8 Å². The van der Waals surface area contributed by atoms with Gasteiger partial charge in [-0.2, -0.15) is 0 Å². The summed E-state index contributed by atoms with van der Waals surface area (Å²) in [4.78, 5) is 21.9. The molecular formula is C15H13NO5. The third kappa shape index (κ3) is 3.56. The van der Waals surface area contributed by atoms with Gasteiger partial charge >= 0.3 is 5.97 Å². The molecule has 0 radical (unpaired) electrons. The highest BCUT2D eigenvalue weighted by Crippen LogP contribution is 2.22. The number of carbonyl (C=O) groups excluding carboxylic acids is 1. The van der Waals surface area contributed by atoms with E-state index in [4.69, 9.17) is 4.74 Å². The van der Waals surface area contributed by atoms with E-state index in [1.807, 2.05) is 18.2 Å². The van der Waals surface area contributed by atoms with E-state index in [2.05, 4.69) is 4.74 Å². The molecule has 0 heterocycles. The van der Waals surface area contributed by atoms with Crippen LogP contribution in [0.1, 0.15) is 15.9 Å². The second-order valence-electron chi connectivity index (χ2n) is 4.20. The molecule has 0 atom stereocenters. The highest BCUT2D eigenvalue weighted by Gasteiger charge is 2.21. The molecule has 0 saturated heterocycles. The van der Waals surface area contributed by atoms with Gasteiger partial charge in [-0.3, -0.25) is 10.1 Å². The number of benzene rings is 2. The zero-order valence-corrected chi connectivity index (χ0v) is 11.3. The standard InChI is InChI=1S/C15H13NO5/c1-20-15(17)13-8-7-11(9-14(13)16(18)19)10-21-12-5-3-2-4-6-12/h2-9H,10H2,1H3. The van der Waals surface area contributed by atoms with E-state index in [0.717, 1.165) is 0 Å². The molecule has 2 aromatic rings. The fourth-order valence-corrected chi connectivity index (χ4v) is 1.78. The summed E-state index contributed by atoms with van der Waals surface area (Å²) < 4.78 is 10.0. The predicted molar refractivity (Wildman–Crippen MR) is 75.2 cm³/mol. The summed E-state index contributed by atoms with van der Waals surface area (Å²) in [5.41, 5.74) is 0.222. The highest BCUT2D eigenvalue weighted by atomic mass is 16.6. The second-order valence-corrected chi connectivity index (χ2v) is 4.20. The largest absolute Gasteiger partial charge is 0.489 e. The van der Waals surface area contributed by atoms with Gasteiger partial charge in [-0.1, -0.05) is 24.3 Å². The van der Waals surface area contributed by atoms with Crippen molar-refractivity contribution < 1.29 is 19.2 Å². The summed E-state index contributed by atoms with van der Waals surface area (Å²) in [7, 11) is 1.18. The van der Waals surface area contributed by atoms with Crippen LogP contribution in [0.5, 0.6) is 5.75 Å². The smallest absolute Gasteiger partial charge is 0.344 e. The lowest BCUT2D eigenvalue weighted by molar-refractivity contribution is -0.385. The van der Waals surface area contributed by atoms with Gasteiger partial charge in [0.1, 0.15) is 17.9 Å². The molecule has 0 amide bonds. The molecule has 0 fully saturated rings. The minimum absolute atomic E-state index is 0.0778. The third-order valence-corrected chi connectivity index (χ3v) is 2.81. The maximum Gasteiger partial charge on any atom is 0.344 e. The molecule has 6 nitrogen and oxygen atoms in total. The van der Waals surface area contributed by atoms with Crippen molar-refractivity contribution in [2.24, 2.45) is 0 Å². The van der Waals surface area contributed by atoms with Gasteiger partial charge in [0.2, 0.25) is 0 Å². The van der Waals surface area contributed by atoms with Crippen molar-refractivity contribution in [3.63, 3.8) is 0 Å². The van der Waals surface area contributed by atoms with Gasteiger partial charge in [0.25, 0.3) is 5.69 Å². The van der Waals surface area contributed by atoms with Crippen molar-refractivity contribution in [2.45, 2.75) is 6.61 Å². The molecule has 0 aliphatic carbocycles. The molecule has 0 aliphatic rings. The van der Waals surface area contributed by atoms with Gasteiger partial charge in [-0.25, -0.2) is 4.79 Å². The lowest BCUT2D eigenvalue weighted by Crippen LogP contribution is -2.07. The second kappa shape index (κ2) is 6.51. The van der Waals surface area contributed by atoms with Crippen LogP contribution in [0.3, 0.4) is 0 Å². The summed E-state index contributed by atoms with van der Waals surface area (Å²) >= 11 is 0. The minimum Gasteiger partial charge on any atom is -0.489 e. The minimum atomic E-state index is -0.739. The molecule has 2 aromatic carbocycles. The zero-order chi connectivity index (χ0) is 15.2. The molecule has 108 valence electrons. The first-order chi connectivity index (χ1) is 10.1. The van der Waals surface area contributed by atoms with Gasteiger partial charge in [0, 0.05) is 6.07 Å². The summed E-state index contributed by atoms with van der Waals surface area (Å²) in [6.07, 6.45) is 0. The fourth-order valence-electron chi connectivity index (χ4n) is 1.78. The number of para-hydroxylation sites is 1. The molecule has 21 heavy (non-hydrogen) atoms. The van der Waals surface area contributed by atoms with Gasteiger partial charge in [-0.05, 0) is 23.8 Å². The van der Waals surface area contributed by atoms with E-state index in [-0.39, 0.29) is 17.9 Å². The Kier molecular flexibility index (Phi) is 4.50. The maximum absolute atomic E-state index is 11.5. The number of hydrogen-bond acceptors (Lipinski definition) is 5. The van der Waals surface area contributed by atoms with E-state index in [1.165, 1.54) is 19.2 Å². The molecule has 0 aliphatic heterocycles. The van der Waals surface area contributed by atoms with Crippen LogP contribution >= 0.6 is 0 Å². The Morgan fingerprint density at radius 3 is 2.52 bits per heavy atom. The number of methoxy groups -OCH3 is 1. The molecular weight excluding hydrogens is 274 g/mol. The highest BCUT2D eigenvalue weighted by molar-refractivity contribution is 5.93. The number of nitro groups is 1.